The normalized spacial score (nSPS) is 13.0. The zero-order chi connectivity index (χ0) is 9.14. The van der Waals surface area contributed by atoms with Crippen LogP contribution in [0.3, 0.4) is 0 Å². The molecule has 0 spiro atoms. The van der Waals surface area contributed by atoms with Gasteiger partial charge in [-0.3, -0.25) is 0 Å². The van der Waals surface area contributed by atoms with Gasteiger partial charge < -0.3 is 5.73 Å². The van der Waals surface area contributed by atoms with E-state index in [1.54, 1.807) is 0 Å². The first-order valence-electron chi connectivity index (χ1n) is 4.16. The molecule has 2 heteroatoms. The molecule has 1 atom stereocenters. The minimum atomic E-state index is 0.115. The third-order valence-corrected chi connectivity index (χ3v) is 2.32. The van der Waals surface area contributed by atoms with Gasteiger partial charge in [-0.25, -0.2) is 0 Å². The van der Waals surface area contributed by atoms with E-state index in [9.17, 15) is 0 Å². The largest absolute Gasteiger partial charge is 0.324 e. The van der Waals surface area contributed by atoms with Crippen LogP contribution in [0.5, 0.6) is 0 Å². The van der Waals surface area contributed by atoms with E-state index < -0.39 is 0 Å². The van der Waals surface area contributed by atoms with Gasteiger partial charge in [-0.15, -0.1) is 0 Å². The molecule has 0 aliphatic heterocycles. The Kier molecular flexibility index (Phi) is 3.12. The molecule has 1 nitrogen and oxygen atoms in total. The molecule has 0 aliphatic carbocycles. The number of hydrogen-bond donors (Lipinski definition) is 1. The molecule has 12 heavy (non-hydrogen) atoms. The zero-order valence-corrected chi connectivity index (χ0v) is 8.23. The molecular weight excluding hydrogens is 170 g/mol. The Balaban J connectivity index is 3.04. The maximum Gasteiger partial charge on any atom is 0.0409 e. The lowest BCUT2D eigenvalue weighted by molar-refractivity contribution is 0.694. The second-order valence-electron chi connectivity index (χ2n) is 3.02. The molecule has 1 aromatic carbocycles. The highest BCUT2D eigenvalue weighted by Crippen LogP contribution is 2.21. The average molecular weight is 184 g/mol. The first-order chi connectivity index (χ1) is 5.65. The molecule has 0 amide bonds. The topological polar surface area (TPSA) is 26.0 Å². The summed E-state index contributed by atoms with van der Waals surface area (Å²) in [6.07, 6.45) is 0.946. The number of rotatable bonds is 2. The molecule has 0 aliphatic rings. The number of aryl methyl sites for hydroxylation is 1. The minimum absolute atomic E-state index is 0.115. The quantitative estimate of drug-likeness (QED) is 0.750. The van der Waals surface area contributed by atoms with Crippen LogP contribution in [0.4, 0.5) is 0 Å². The predicted octanol–water partition coefficient (Wildman–Crippen LogP) is 3.06. The summed E-state index contributed by atoms with van der Waals surface area (Å²) in [7, 11) is 0. The average Bonchev–Trinajstić information content (AvgIpc) is 2.08. The molecule has 0 fully saturated rings. The Bertz CT molecular complexity index is 271. The highest BCUT2D eigenvalue weighted by atomic mass is 35.5. The molecule has 1 rings (SSSR count). The van der Waals surface area contributed by atoms with E-state index in [1.165, 1.54) is 5.56 Å². The van der Waals surface area contributed by atoms with E-state index in [0.717, 1.165) is 17.0 Å². The summed E-state index contributed by atoms with van der Waals surface area (Å²) in [5.74, 6) is 0. The van der Waals surface area contributed by atoms with Gasteiger partial charge >= 0.3 is 0 Å². The molecule has 0 bridgehead atoms. The molecule has 0 heterocycles. The Morgan fingerprint density at radius 3 is 2.75 bits per heavy atom. The van der Waals surface area contributed by atoms with E-state index in [1.807, 2.05) is 18.2 Å². The van der Waals surface area contributed by atoms with Gasteiger partial charge in [0.25, 0.3) is 0 Å². The van der Waals surface area contributed by atoms with Gasteiger partial charge in [-0.1, -0.05) is 24.6 Å². The summed E-state index contributed by atoms with van der Waals surface area (Å²) in [5, 5.41) is 0.763. The lowest BCUT2D eigenvalue weighted by atomic mass is 10.0. The highest BCUT2D eigenvalue weighted by Gasteiger charge is 2.06. The second kappa shape index (κ2) is 3.92. The fourth-order valence-corrected chi connectivity index (χ4v) is 1.41. The third kappa shape index (κ3) is 1.99. The minimum Gasteiger partial charge on any atom is -0.324 e. The molecule has 0 aromatic heterocycles. The monoisotopic (exact) mass is 183 g/mol. The first kappa shape index (κ1) is 9.56. The van der Waals surface area contributed by atoms with Crippen molar-refractivity contribution in [1.82, 2.24) is 0 Å². The lowest BCUT2D eigenvalue weighted by Gasteiger charge is -2.12. The Morgan fingerprint density at radius 2 is 2.17 bits per heavy atom. The van der Waals surface area contributed by atoms with Crippen molar-refractivity contribution in [2.45, 2.75) is 26.3 Å². The van der Waals surface area contributed by atoms with Crippen LogP contribution in [0.1, 0.15) is 30.5 Å². The maximum atomic E-state index is 5.91. The van der Waals surface area contributed by atoms with Gasteiger partial charge in [-0.05, 0) is 36.6 Å². The molecule has 2 N–H and O–H groups in total. The zero-order valence-electron chi connectivity index (χ0n) is 7.47. The smallest absolute Gasteiger partial charge is 0.0409 e. The fourth-order valence-electron chi connectivity index (χ4n) is 1.23. The van der Waals surface area contributed by atoms with Crippen LogP contribution in [0.25, 0.3) is 0 Å². The summed E-state index contributed by atoms with van der Waals surface area (Å²) in [6, 6.07) is 5.96. The molecule has 1 unspecified atom stereocenters. The highest BCUT2D eigenvalue weighted by molar-refractivity contribution is 6.30. The molecule has 1 aromatic rings. The SMILES string of the molecule is CCC(N)c1cc(Cl)ccc1C. The molecule has 0 radical (unpaired) electrons. The van der Waals surface area contributed by atoms with E-state index in [-0.39, 0.29) is 6.04 Å². The van der Waals surface area contributed by atoms with Crippen molar-refractivity contribution >= 4 is 11.6 Å². The van der Waals surface area contributed by atoms with Gasteiger partial charge in [-0.2, -0.15) is 0 Å². The van der Waals surface area contributed by atoms with E-state index in [2.05, 4.69) is 13.8 Å². The Hall–Kier alpha value is -0.530. The number of hydrogen-bond acceptors (Lipinski definition) is 1. The van der Waals surface area contributed by atoms with Crippen molar-refractivity contribution < 1.29 is 0 Å². The van der Waals surface area contributed by atoms with Gasteiger partial charge in [0.2, 0.25) is 0 Å². The summed E-state index contributed by atoms with van der Waals surface area (Å²) in [6.45, 7) is 4.13. The lowest BCUT2D eigenvalue weighted by Crippen LogP contribution is -2.09. The van der Waals surface area contributed by atoms with Crippen LogP contribution in [0.2, 0.25) is 5.02 Å². The van der Waals surface area contributed by atoms with Crippen LogP contribution in [-0.2, 0) is 0 Å². The van der Waals surface area contributed by atoms with Gasteiger partial charge in [0.15, 0.2) is 0 Å². The van der Waals surface area contributed by atoms with Crippen molar-refractivity contribution in [1.29, 1.82) is 0 Å². The maximum absolute atomic E-state index is 5.91. The van der Waals surface area contributed by atoms with E-state index in [4.69, 9.17) is 17.3 Å². The molecule has 66 valence electrons. The van der Waals surface area contributed by atoms with Crippen molar-refractivity contribution in [3.8, 4) is 0 Å². The van der Waals surface area contributed by atoms with Gasteiger partial charge in [0.05, 0.1) is 0 Å². The summed E-state index contributed by atoms with van der Waals surface area (Å²) >= 11 is 5.86. The van der Waals surface area contributed by atoms with Crippen LogP contribution in [-0.4, -0.2) is 0 Å². The molecule has 0 saturated carbocycles. The Morgan fingerprint density at radius 1 is 1.50 bits per heavy atom. The van der Waals surface area contributed by atoms with Crippen molar-refractivity contribution in [3.05, 3.63) is 34.3 Å². The van der Waals surface area contributed by atoms with Crippen LogP contribution >= 0.6 is 11.6 Å². The fraction of sp³-hybridized carbons (Fsp3) is 0.400. The molecular formula is C10H14ClN. The van der Waals surface area contributed by atoms with Gasteiger partial charge in [0.1, 0.15) is 0 Å². The predicted molar refractivity (Wildman–Crippen MR) is 53.4 cm³/mol. The van der Waals surface area contributed by atoms with Crippen molar-refractivity contribution in [2.75, 3.05) is 0 Å². The van der Waals surface area contributed by atoms with Gasteiger partial charge in [0, 0.05) is 11.1 Å². The van der Waals surface area contributed by atoms with E-state index in [0.29, 0.717) is 0 Å². The summed E-state index contributed by atoms with van der Waals surface area (Å²) < 4.78 is 0. The van der Waals surface area contributed by atoms with Crippen LogP contribution in [0, 0.1) is 6.92 Å². The first-order valence-corrected chi connectivity index (χ1v) is 4.54. The standard InChI is InChI=1S/C10H14ClN/c1-3-10(12)9-6-8(11)5-4-7(9)2/h4-6,10H,3,12H2,1-2H3. The van der Waals surface area contributed by atoms with Crippen molar-refractivity contribution in [2.24, 2.45) is 5.73 Å². The number of halogens is 1. The second-order valence-corrected chi connectivity index (χ2v) is 3.45. The number of nitrogens with two attached hydrogens (primary N) is 1. The number of benzene rings is 1. The summed E-state index contributed by atoms with van der Waals surface area (Å²) in [4.78, 5) is 0. The van der Waals surface area contributed by atoms with Crippen LogP contribution < -0.4 is 5.73 Å². The van der Waals surface area contributed by atoms with Crippen LogP contribution in [0.15, 0.2) is 18.2 Å². The Labute approximate surface area is 78.5 Å². The van der Waals surface area contributed by atoms with E-state index >= 15 is 0 Å². The molecule has 0 saturated heterocycles. The summed E-state index contributed by atoms with van der Waals surface area (Å²) in [5.41, 5.74) is 8.28. The third-order valence-electron chi connectivity index (χ3n) is 2.08. The van der Waals surface area contributed by atoms with Crippen molar-refractivity contribution in [3.63, 3.8) is 0 Å².